The number of nitrogens with one attached hydrogen (secondary N) is 1. The van der Waals surface area contributed by atoms with Crippen molar-refractivity contribution in [1.82, 2.24) is 4.57 Å². The molecule has 0 fully saturated rings. The minimum Gasteiger partial charge on any atom is -0.463 e. The van der Waals surface area contributed by atoms with Gasteiger partial charge in [-0.3, -0.25) is 4.79 Å². The Morgan fingerprint density at radius 1 is 1.11 bits per heavy atom. The zero-order chi connectivity index (χ0) is 19.0. The van der Waals surface area contributed by atoms with Gasteiger partial charge in [-0.2, -0.15) is 0 Å². The second-order valence-corrected chi connectivity index (χ2v) is 7.05. The Hall–Kier alpha value is -2.98. The van der Waals surface area contributed by atoms with Crippen molar-refractivity contribution in [3.63, 3.8) is 0 Å². The first-order valence-corrected chi connectivity index (χ1v) is 9.09. The maximum absolute atomic E-state index is 13.0. The summed E-state index contributed by atoms with van der Waals surface area (Å²) in [6.07, 6.45) is 1.64. The Morgan fingerprint density at radius 3 is 2.67 bits per heavy atom. The van der Waals surface area contributed by atoms with Gasteiger partial charge in [-0.05, 0) is 37.1 Å². The van der Waals surface area contributed by atoms with Crippen molar-refractivity contribution < 1.29 is 9.21 Å². The number of anilines is 1. The normalized spacial score (nSPS) is 11.1. The molecule has 2 aromatic carbocycles. The summed E-state index contributed by atoms with van der Waals surface area (Å²) in [5, 5.41) is 3.59. The summed E-state index contributed by atoms with van der Waals surface area (Å²) in [5.74, 6) is -0.195. The van der Waals surface area contributed by atoms with Crippen LogP contribution in [-0.2, 0) is 6.54 Å². The van der Waals surface area contributed by atoms with Crippen molar-refractivity contribution in [1.29, 1.82) is 0 Å². The van der Waals surface area contributed by atoms with Gasteiger partial charge in [0, 0.05) is 29.4 Å². The van der Waals surface area contributed by atoms with Crippen molar-refractivity contribution >= 4 is 34.3 Å². The molecule has 4 nitrogen and oxygen atoms in total. The summed E-state index contributed by atoms with van der Waals surface area (Å²) in [6, 6.07) is 17.4. The van der Waals surface area contributed by atoms with Gasteiger partial charge in [0.2, 0.25) is 0 Å². The van der Waals surface area contributed by atoms with E-state index in [4.69, 9.17) is 16.0 Å². The van der Waals surface area contributed by atoms with E-state index >= 15 is 0 Å². The predicted octanol–water partition coefficient (Wildman–Crippen LogP) is 5.81. The smallest absolute Gasteiger partial charge is 0.272 e. The van der Waals surface area contributed by atoms with E-state index < -0.39 is 0 Å². The fourth-order valence-electron chi connectivity index (χ4n) is 3.14. The lowest BCUT2D eigenvalue weighted by Crippen LogP contribution is -2.18. The molecule has 1 amide bonds. The van der Waals surface area contributed by atoms with Gasteiger partial charge in [-0.15, -0.1) is 0 Å². The van der Waals surface area contributed by atoms with Crippen LogP contribution < -0.4 is 5.32 Å². The summed E-state index contributed by atoms with van der Waals surface area (Å²) in [4.78, 5) is 13.0. The number of carbonyl (C=O) groups is 1. The number of benzene rings is 2. The van der Waals surface area contributed by atoms with E-state index in [1.807, 2.05) is 29.7 Å². The molecule has 4 rings (SSSR count). The lowest BCUT2D eigenvalue weighted by molar-refractivity contribution is 0.101. The summed E-state index contributed by atoms with van der Waals surface area (Å²) < 4.78 is 7.49. The van der Waals surface area contributed by atoms with Gasteiger partial charge in [-0.25, -0.2) is 0 Å². The average Bonchev–Trinajstić information content (AvgIpc) is 3.23. The van der Waals surface area contributed by atoms with Crippen LogP contribution in [0.5, 0.6) is 0 Å². The first-order chi connectivity index (χ1) is 13.0. The van der Waals surface area contributed by atoms with Crippen LogP contribution in [0, 0.1) is 13.8 Å². The average molecular weight is 379 g/mol. The highest BCUT2D eigenvalue weighted by Gasteiger charge is 2.18. The molecule has 0 spiro atoms. The fourth-order valence-corrected chi connectivity index (χ4v) is 3.32. The Kier molecular flexibility index (Phi) is 4.50. The number of fused-ring (bicyclic) bond motifs is 1. The second-order valence-electron chi connectivity index (χ2n) is 6.64. The van der Waals surface area contributed by atoms with Crippen molar-refractivity contribution in [3.05, 3.63) is 88.3 Å². The number of carbonyl (C=O) groups excluding carboxylic acids is 1. The van der Waals surface area contributed by atoms with Crippen LogP contribution in [0.15, 0.2) is 65.3 Å². The monoisotopic (exact) mass is 378 g/mol. The molecule has 0 saturated heterocycles. The van der Waals surface area contributed by atoms with Gasteiger partial charge in [0.1, 0.15) is 5.69 Å². The molecule has 0 aliphatic heterocycles. The first kappa shape index (κ1) is 17.4. The Labute approximate surface area is 162 Å². The minimum absolute atomic E-state index is 0.195. The molecule has 0 unspecified atom stereocenters. The zero-order valence-electron chi connectivity index (χ0n) is 15.1. The summed E-state index contributed by atoms with van der Waals surface area (Å²) in [5.41, 5.74) is 5.99. The SMILES string of the molecule is Cc1ccc(Cn2c(C(=O)Nc3cccc(Cl)c3C)cc3occc32)cc1. The van der Waals surface area contributed by atoms with Gasteiger partial charge in [0.15, 0.2) is 5.58 Å². The van der Waals surface area contributed by atoms with Gasteiger partial charge < -0.3 is 14.3 Å². The minimum atomic E-state index is -0.195. The summed E-state index contributed by atoms with van der Waals surface area (Å²) >= 11 is 6.17. The van der Waals surface area contributed by atoms with Gasteiger partial charge in [0.25, 0.3) is 5.91 Å². The molecule has 0 saturated carbocycles. The molecule has 0 radical (unpaired) electrons. The molecular weight excluding hydrogens is 360 g/mol. The largest absolute Gasteiger partial charge is 0.463 e. The van der Waals surface area contributed by atoms with Crippen molar-refractivity contribution in [3.8, 4) is 0 Å². The first-order valence-electron chi connectivity index (χ1n) is 8.71. The number of hydrogen-bond acceptors (Lipinski definition) is 2. The second kappa shape index (κ2) is 6.97. The number of rotatable bonds is 4. The lowest BCUT2D eigenvalue weighted by Gasteiger charge is -2.13. The van der Waals surface area contributed by atoms with Gasteiger partial charge >= 0.3 is 0 Å². The van der Waals surface area contributed by atoms with Crippen molar-refractivity contribution in [2.45, 2.75) is 20.4 Å². The zero-order valence-corrected chi connectivity index (χ0v) is 15.9. The number of furan rings is 1. The molecule has 5 heteroatoms. The highest BCUT2D eigenvalue weighted by Crippen LogP contribution is 2.26. The van der Waals surface area contributed by atoms with Crippen LogP contribution in [-0.4, -0.2) is 10.5 Å². The topological polar surface area (TPSA) is 47.2 Å². The Morgan fingerprint density at radius 2 is 1.89 bits per heavy atom. The predicted molar refractivity (Wildman–Crippen MR) is 109 cm³/mol. The lowest BCUT2D eigenvalue weighted by atomic mass is 10.1. The molecule has 136 valence electrons. The molecule has 0 atom stereocenters. The van der Waals surface area contributed by atoms with Gasteiger partial charge in [0.05, 0.1) is 11.8 Å². The van der Waals surface area contributed by atoms with E-state index in [-0.39, 0.29) is 5.91 Å². The van der Waals surface area contributed by atoms with E-state index in [1.165, 1.54) is 5.56 Å². The number of halogens is 1. The van der Waals surface area contributed by atoms with E-state index in [1.54, 1.807) is 18.4 Å². The van der Waals surface area contributed by atoms with E-state index in [0.29, 0.717) is 28.5 Å². The number of hydrogen-bond donors (Lipinski definition) is 1. The number of aryl methyl sites for hydroxylation is 1. The van der Waals surface area contributed by atoms with Gasteiger partial charge in [-0.1, -0.05) is 47.5 Å². The Bertz CT molecular complexity index is 1120. The fraction of sp³-hybridized carbons (Fsp3) is 0.136. The van der Waals surface area contributed by atoms with Crippen LogP contribution in [0.2, 0.25) is 5.02 Å². The molecule has 1 N–H and O–H groups in total. The highest BCUT2D eigenvalue weighted by molar-refractivity contribution is 6.31. The van der Waals surface area contributed by atoms with Crippen LogP contribution >= 0.6 is 11.6 Å². The van der Waals surface area contributed by atoms with Crippen LogP contribution in [0.3, 0.4) is 0 Å². The summed E-state index contributed by atoms with van der Waals surface area (Å²) in [6.45, 7) is 4.52. The number of amides is 1. The molecule has 27 heavy (non-hydrogen) atoms. The number of aromatic nitrogens is 1. The third-order valence-electron chi connectivity index (χ3n) is 4.73. The molecule has 0 bridgehead atoms. The third kappa shape index (κ3) is 3.36. The van der Waals surface area contributed by atoms with E-state index in [2.05, 4.69) is 36.5 Å². The molecular formula is C22H19ClN2O2. The molecule has 4 aromatic rings. The van der Waals surface area contributed by atoms with E-state index in [9.17, 15) is 4.79 Å². The summed E-state index contributed by atoms with van der Waals surface area (Å²) in [7, 11) is 0. The highest BCUT2D eigenvalue weighted by atomic mass is 35.5. The quantitative estimate of drug-likeness (QED) is 0.487. The third-order valence-corrected chi connectivity index (χ3v) is 5.14. The van der Waals surface area contributed by atoms with Crippen LogP contribution in [0.4, 0.5) is 5.69 Å². The Balaban J connectivity index is 1.70. The molecule has 0 aliphatic carbocycles. The standard InChI is InChI=1S/C22H19ClN2O2/c1-14-6-8-16(9-7-14)13-25-19-10-11-27-21(19)12-20(25)22(26)24-18-5-3-4-17(23)15(18)2/h3-12H,13H2,1-2H3,(H,24,26). The van der Waals surface area contributed by atoms with E-state index in [0.717, 1.165) is 16.6 Å². The maximum Gasteiger partial charge on any atom is 0.272 e. The molecule has 2 aromatic heterocycles. The maximum atomic E-state index is 13.0. The van der Waals surface area contributed by atoms with Crippen LogP contribution in [0.1, 0.15) is 27.2 Å². The van der Waals surface area contributed by atoms with Crippen LogP contribution in [0.25, 0.3) is 11.1 Å². The van der Waals surface area contributed by atoms with Crippen molar-refractivity contribution in [2.75, 3.05) is 5.32 Å². The molecule has 2 heterocycles. The number of nitrogens with zero attached hydrogens (tertiary/aromatic N) is 1. The molecule has 0 aliphatic rings. The van der Waals surface area contributed by atoms with Crippen molar-refractivity contribution in [2.24, 2.45) is 0 Å².